The van der Waals surface area contributed by atoms with E-state index in [1.807, 2.05) is 22.8 Å². The van der Waals surface area contributed by atoms with Crippen molar-refractivity contribution in [2.24, 2.45) is 0 Å². The summed E-state index contributed by atoms with van der Waals surface area (Å²) in [5.74, 6) is 4.22. The average Bonchev–Trinajstić information content (AvgIpc) is 3.17. The summed E-state index contributed by atoms with van der Waals surface area (Å²) in [5, 5.41) is 18.9. The number of hydrogen-bond donors (Lipinski definition) is 3. The predicted molar refractivity (Wildman–Crippen MR) is 118 cm³/mol. The van der Waals surface area contributed by atoms with Gasteiger partial charge in [0.05, 0.1) is 12.2 Å². The third kappa shape index (κ3) is 4.67. The molecule has 0 fully saturated rings. The molecule has 3 rings (SSSR count). The largest absolute Gasteiger partial charge is 0.392 e. The Balaban J connectivity index is 1.84. The van der Waals surface area contributed by atoms with Crippen molar-refractivity contribution in [1.29, 1.82) is 0 Å². The van der Waals surface area contributed by atoms with Gasteiger partial charge in [-0.15, -0.1) is 0 Å². The smallest absolute Gasteiger partial charge is 0.264 e. The van der Waals surface area contributed by atoms with Crippen LogP contribution in [-0.2, 0) is 27.8 Å². The lowest BCUT2D eigenvalue weighted by molar-refractivity contribution is -0.131. The SMILES string of the molecule is CC(CCn1ccc2cc(C#Cc3ccc(CO)cc3F)ccc21)(C(=O)NO)S(C)(=O)=O. The van der Waals surface area contributed by atoms with Crippen LogP contribution in [0.3, 0.4) is 0 Å². The van der Waals surface area contributed by atoms with Crippen molar-refractivity contribution in [2.45, 2.75) is 31.2 Å². The van der Waals surface area contributed by atoms with Gasteiger partial charge >= 0.3 is 0 Å². The molecule has 1 heterocycles. The number of fused-ring (bicyclic) bond motifs is 1. The highest BCUT2D eigenvalue weighted by Crippen LogP contribution is 2.25. The molecule has 0 saturated heterocycles. The Labute approximate surface area is 185 Å². The fourth-order valence-electron chi connectivity index (χ4n) is 3.29. The van der Waals surface area contributed by atoms with Crippen molar-refractivity contribution in [3.63, 3.8) is 0 Å². The van der Waals surface area contributed by atoms with Gasteiger partial charge in [0.25, 0.3) is 5.91 Å². The molecule has 0 saturated carbocycles. The molecule has 3 aromatic rings. The molecule has 32 heavy (non-hydrogen) atoms. The summed E-state index contributed by atoms with van der Waals surface area (Å²) in [6, 6.07) is 11.6. The number of sulfone groups is 1. The Morgan fingerprint density at radius 2 is 1.94 bits per heavy atom. The minimum absolute atomic E-state index is 0.0350. The van der Waals surface area contributed by atoms with E-state index in [9.17, 15) is 17.6 Å². The van der Waals surface area contributed by atoms with Crippen LogP contribution >= 0.6 is 0 Å². The lowest BCUT2D eigenvalue weighted by atomic mass is 10.1. The fraction of sp³-hybridized carbons (Fsp3) is 0.261. The summed E-state index contributed by atoms with van der Waals surface area (Å²) < 4.78 is 38.3. The minimum Gasteiger partial charge on any atom is -0.392 e. The zero-order chi connectivity index (χ0) is 23.5. The van der Waals surface area contributed by atoms with Crippen LogP contribution in [0.5, 0.6) is 0 Å². The number of hydroxylamine groups is 1. The monoisotopic (exact) mass is 458 g/mol. The first-order valence-corrected chi connectivity index (χ1v) is 11.6. The summed E-state index contributed by atoms with van der Waals surface area (Å²) in [6.07, 6.45) is 2.70. The first kappa shape index (κ1) is 23.5. The van der Waals surface area contributed by atoms with Crippen molar-refractivity contribution in [3.05, 3.63) is 71.2 Å². The molecule has 1 unspecified atom stereocenters. The standard InChI is InChI=1S/C23H23FN2O5S/c1-23(22(28)25-29,32(2,30)31)10-12-26-11-9-19-13-16(5-8-21(19)26)3-6-18-7-4-17(15-27)14-20(18)24/h4-5,7-9,11,13-14,27,29H,10,12,15H2,1-2H3,(H,25,28). The molecule has 1 aromatic heterocycles. The Hall–Kier alpha value is -3.19. The summed E-state index contributed by atoms with van der Waals surface area (Å²) in [7, 11) is -3.78. The Morgan fingerprint density at radius 1 is 1.19 bits per heavy atom. The van der Waals surface area contributed by atoms with E-state index in [-0.39, 0.29) is 25.1 Å². The van der Waals surface area contributed by atoms with Crippen LogP contribution in [0.4, 0.5) is 4.39 Å². The number of nitrogens with one attached hydrogen (secondary N) is 1. The van der Waals surface area contributed by atoms with Gasteiger partial charge in [-0.3, -0.25) is 10.0 Å². The number of nitrogens with zero attached hydrogens (tertiary/aromatic N) is 1. The maximum Gasteiger partial charge on any atom is 0.264 e. The van der Waals surface area contributed by atoms with Gasteiger partial charge in [0, 0.05) is 35.5 Å². The molecule has 0 aliphatic heterocycles. The Kier molecular flexibility index (Phi) is 6.69. The van der Waals surface area contributed by atoms with E-state index in [0.29, 0.717) is 11.1 Å². The number of carbonyl (C=O) groups excluding carboxylic acids is 1. The number of aromatic nitrogens is 1. The van der Waals surface area contributed by atoms with Crippen LogP contribution in [0, 0.1) is 17.7 Å². The number of halogens is 1. The van der Waals surface area contributed by atoms with Crippen molar-refractivity contribution in [2.75, 3.05) is 6.26 Å². The molecule has 1 atom stereocenters. The molecule has 2 aromatic carbocycles. The van der Waals surface area contributed by atoms with E-state index < -0.39 is 26.3 Å². The van der Waals surface area contributed by atoms with Gasteiger partial charge < -0.3 is 9.67 Å². The molecular formula is C23H23FN2O5S. The molecule has 9 heteroatoms. The van der Waals surface area contributed by atoms with Crippen molar-refractivity contribution >= 4 is 26.6 Å². The third-order valence-corrected chi connectivity index (χ3v) is 7.58. The zero-order valence-corrected chi connectivity index (χ0v) is 18.4. The minimum atomic E-state index is -3.78. The summed E-state index contributed by atoms with van der Waals surface area (Å²) in [6.45, 7) is 1.26. The van der Waals surface area contributed by atoms with Crippen LogP contribution in [0.1, 0.15) is 30.0 Å². The average molecular weight is 459 g/mol. The van der Waals surface area contributed by atoms with E-state index in [2.05, 4.69) is 11.8 Å². The van der Waals surface area contributed by atoms with Crippen LogP contribution in [0.25, 0.3) is 10.9 Å². The highest BCUT2D eigenvalue weighted by Gasteiger charge is 2.43. The number of aliphatic hydroxyl groups excluding tert-OH is 1. The number of aryl methyl sites for hydroxylation is 1. The molecule has 0 spiro atoms. The van der Waals surface area contributed by atoms with E-state index in [1.165, 1.54) is 24.5 Å². The van der Waals surface area contributed by atoms with Crippen LogP contribution in [0.15, 0.2) is 48.7 Å². The molecule has 0 radical (unpaired) electrons. The second kappa shape index (κ2) is 9.12. The van der Waals surface area contributed by atoms with Crippen LogP contribution in [0.2, 0.25) is 0 Å². The van der Waals surface area contributed by atoms with Crippen LogP contribution < -0.4 is 5.48 Å². The lowest BCUT2D eigenvalue weighted by Crippen LogP contribution is -2.49. The van der Waals surface area contributed by atoms with Gasteiger partial charge in [0.15, 0.2) is 14.6 Å². The molecule has 168 valence electrons. The predicted octanol–water partition coefficient (Wildman–Crippen LogP) is 2.37. The lowest BCUT2D eigenvalue weighted by Gasteiger charge is -2.25. The molecular weight excluding hydrogens is 435 g/mol. The second-order valence-electron chi connectivity index (χ2n) is 7.70. The van der Waals surface area contributed by atoms with E-state index in [0.717, 1.165) is 17.2 Å². The summed E-state index contributed by atoms with van der Waals surface area (Å²) in [4.78, 5) is 12.0. The van der Waals surface area contributed by atoms with Gasteiger partial charge in [-0.2, -0.15) is 0 Å². The van der Waals surface area contributed by atoms with Crippen molar-refractivity contribution in [1.82, 2.24) is 10.0 Å². The zero-order valence-electron chi connectivity index (χ0n) is 17.6. The van der Waals surface area contributed by atoms with Crippen molar-refractivity contribution < 1.29 is 27.9 Å². The van der Waals surface area contributed by atoms with E-state index >= 15 is 0 Å². The number of rotatable bonds is 6. The molecule has 0 aliphatic rings. The quantitative estimate of drug-likeness (QED) is 0.299. The van der Waals surface area contributed by atoms with Gasteiger partial charge in [0.1, 0.15) is 5.82 Å². The maximum atomic E-state index is 14.0. The summed E-state index contributed by atoms with van der Waals surface area (Å²) in [5.41, 5.74) is 3.62. The van der Waals surface area contributed by atoms with Gasteiger partial charge in [-0.1, -0.05) is 17.9 Å². The Bertz CT molecular complexity index is 1340. The third-order valence-electron chi connectivity index (χ3n) is 5.56. The number of aliphatic hydroxyl groups is 1. The van der Waals surface area contributed by atoms with Crippen molar-refractivity contribution in [3.8, 4) is 11.8 Å². The fourth-order valence-corrected chi connectivity index (χ4v) is 4.13. The molecule has 0 aliphatic carbocycles. The maximum absolute atomic E-state index is 14.0. The molecule has 1 amide bonds. The van der Waals surface area contributed by atoms with E-state index in [1.54, 1.807) is 18.3 Å². The highest BCUT2D eigenvalue weighted by molar-refractivity contribution is 7.92. The molecule has 3 N–H and O–H groups in total. The molecule has 7 nitrogen and oxygen atoms in total. The van der Waals surface area contributed by atoms with Gasteiger partial charge in [0.2, 0.25) is 0 Å². The van der Waals surface area contributed by atoms with Crippen LogP contribution in [-0.4, -0.2) is 40.2 Å². The number of amides is 1. The highest BCUT2D eigenvalue weighted by atomic mass is 32.2. The van der Waals surface area contributed by atoms with Gasteiger partial charge in [-0.25, -0.2) is 18.3 Å². The number of benzene rings is 2. The van der Waals surface area contributed by atoms with E-state index in [4.69, 9.17) is 10.3 Å². The first-order valence-electron chi connectivity index (χ1n) is 9.73. The normalized spacial score (nSPS) is 13.3. The second-order valence-corrected chi connectivity index (χ2v) is 10.1. The topological polar surface area (TPSA) is 109 Å². The number of hydrogen-bond acceptors (Lipinski definition) is 5. The van der Waals surface area contributed by atoms with Gasteiger partial charge in [-0.05, 0) is 55.3 Å². The molecule has 0 bridgehead atoms. The summed E-state index contributed by atoms with van der Waals surface area (Å²) >= 11 is 0. The first-order chi connectivity index (χ1) is 15.1. The number of carbonyl (C=O) groups is 1. The Morgan fingerprint density at radius 3 is 2.56 bits per heavy atom.